The normalized spacial score (nSPS) is 12.6. The van der Waals surface area contributed by atoms with Gasteiger partial charge in [-0.25, -0.2) is 9.97 Å². The number of rotatable bonds is 2. The van der Waals surface area contributed by atoms with E-state index < -0.39 is 0 Å². The van der Waals surface area contributed by atoms with Crippen molar-refractivity contribution in [2.45, 2.75) is 6.92 Å². The highest BCUT2D eigenvalue weighted by Gasteiger charge is 2.21. The van der Waals surface area contributed by atoms with Crippen molar-refractivity contribution in [3.8, 4) is 28.6 Å². The standard InChI is InChI=1S/C13H11ClN2O3/c1-7-3-11(14)16-13(15-7)8-4-9(17-2)12-10(5-8)18-6-19-12/h3-5H,6H2,1-2H3. The minimum absolute atomic E-state index is 0.185. The molecule has 0 unspecified atom stereocenters. The van der Waals surface area contributed by atoms with E-state index in [1.165, 1.54) is 0 Å². The molecule has 19 heavy (non-hydrogen) atoms. The third-order valence-electron chi connectivity index (χ3n) is 2.74. The van der Waals surface area contributed by atoms with E-state index >= 15 is 0 Å². The van der Waals surface area contributed by atoms with Gasteiger partial charge in [-0.2, -0.15) is 0 Å². The zero-order valence-electron chi connectivity index (χ0n) is 10.4. The zero-order chi connectivity index (χ0) is 13.4. The molecule has 0 atom stereocenters. The van der Waals surface area contributed by atoms with Gasteiger partial charge in [0.05, 0.1) is 7.11 Å². The molecular weight excluding hydrogens is 268 g/mol. The van der Waals surface area contributed by atoms with E-state index in [0.29, 0.717) is 28.2 Å². The zero-order valence-corrected chi connectivity index (χ0v) is 11.2. The topological polar surface area (TPSA) is 53.5 Å². The Hall–Kier alpha value is -2.01. The van der Waals surface area contributed by atoms with E-state index in [1.54, 1.807) is 19.2 Å². The predicted molar refractivity (Wildman–Crippen MR) is 69.9 cm³/mol. The lowest BCUT2D eigenvalue weighted by atomic mass is 10.1. The maximum atomic E-state index is 5.95. The van der Waals surface area contributed by atoms with Gasteiger partial charge in [-0.1, -0.05) is 11.6 Å². The van der Waals surface area contributed by atoms with Gasteiger partial charge in [0, 0.05) is 11.3 Å². The van der Waals surface area contributed by atoms with Crippen molar-refractivity contribution in [2.75, 3.05) is 13.9 Å². The quantitative estimate of drug-likeness (QED) is 0.791. The highest BCUT2D eigenvalue weighted by molar-refractivity contribution is 6.29. The number of aryl methyl sites for hydroxylation is 1. The van der Waals surface area contributed by atoms with Crippen LogP contribution in [0.25, 0.3) is 11.4 Å². The Morgan fingerprint density at radius 3 is 2.79 bits per heavy atom. The summed E-state index contributed by atoms with van der Waals surface area (Å²) in [6, 6.07) is 5.32. The SMILES string of the molecule is COc1cc(-c2nc(C)cc(Cl)n2)cc2c1OCO2. The molecule has 6 heteroatoms. The average Bonchev–Trinajstić information content (AvgIpc) is 2.84. The second-order valence-electron chi connectivity index (χ2n) is 4.07. The predicted octanol–water partition coefficient (Wildman–Crippen LogP) is 2.84. The van der Waals surface area contributed by atoms with Crippen molar-refractivity contribution in [1.29, 1.82) is 0 Å². The van der Waals surface area contributed by atoms with Crippen LogP contribution < -0.4 is 14.2 Å². The van der Waals surface area contributed by atoms with E-state index in [2.05, 4.69) is 9.97 Å². The van der Waals surface area contributed by atoms with Crippen molar-refractivity contribution in [3.63, 3.8) is 0 Å². The van der Waals surface area contributed by atoms with Crippen LogP contribution in [0.1, 0.15) is 5.69 Å². The van der Waals surface area contributed by atoms with Crippen LogP contribution in [0.5, 0.6) is 17.2 Å². The lowest BCUT2D eigenvalue weighted by Crippen LogP contribution is -1.94. The Labute approximate surface area is 115 Å². The summed E-state index contributed by atoms with van der Waals surface area (Å²) in [6.45, 7) is 2.05. The number of fused-ring (bicyclic) bond motifs is 1. The summed E-state index contributed by atoms with van der Waals surface area (Å²) >= 11 is 5.95. The molecule has 0 saturated heterocycles. The van der Waals surface area contributed by atoms with Crippen molar-refractivity contribution in [3.05, 3.63) is 29.0 Å². The minimum atomic E-state index is 0.185. The number of hydrogen-bond donors (Lipinski definition) is 0. The second kappa shape index (κ2) is 4.59. The van der Waals surface area contributed by atoms with Crippen LogP contribution in [-0.4, -0.2) is 23.9 Å². The molecule has 3 rings (SSSR count). The molecule has 0 fully saturated rings. The molecule has 98 valence electrons. The van der Waals surface area contributed by atoms with Gasteiger partial charge in [0.25, 0.3) is 0 Å². The Morgan fingerprint density at radius 1 is 1.21 bits per heavy atom. The number of methoxy groups -OCH3 is 1. The highest BCUT2D eigenvalue weighted by atomic mass is 35.5. The first-order chi connectivity index (χ1) is 9.17. The average molecular weight is 279 g/mol. The summed E-state index contributed by atoms with van der Waals surface area (Å²) in [5, 5.41) is 0.402. The van der Waals surface area contributed by atoms with E-state index in [1.807, 2.05) is 13.0 Å². The molecule has 2 heterocycles. The Balaban J connectivity index is 2.15. The molecule has 0 spiro atoms. The largest absolute Gasteiger partial charge is 0.493 e. The van der Waals surface area contributed by atoms with E-state index in [4.69, 9.17) is 25.8 Å². The Bertz CT molecular complexity index is 626. The van der Waals surface area contributed by atoms with E-state index in [9.17, 15) is 0 Å². The van der Waals surface area contributed by atoms with Crippen LogP contribution >= 0.6 is 11.6 Å². The van der Waals surface area contributed by atoms with Crippen LogP contribution in [0.15, 0.2) is 18.2 Å². The molecule has 0 bridgehead atoms. The first kappa shape index (κ1) is 12.0. The van der Waals surface area contributed by atoms with Gasteiger partial charge in [0.2, 0.25) is 12.5 Å². The molecule has 0 amide bonds. The Morgan fingerprint density at radius 2 is 2.05 bits per heavy atom. The van der Waals surface area contributed by atoms with Gasteiger partial charge >= 0.3 is 0 Å². The number of halogens is 1. The van der Waals surface area contributed by atoms with Gasteiger partial charge in [-0.3, -0.25) is 0 Å². The number of hydrogen-bond acceptors (Lipinski definition) is 5. The van der Waals surface area contributed by atoms with Crippen LogP contribution in [0.4, 0.5) is 0 Å². The van der Waals surface area contributed by atoms with Gasteiger partial charge in [0.1, 0.15) is 5.15 Å². The number of aromatic nitrogens is 2. The van der Waals surface area contributed by atoms with Crippen molar-refractivity contribution in [2.24, 2.45) is 0 Å². The van der Waals surface area contributed by atoms with E-state index in [0.717, 1.165) is 11.3 Å². The van der Waals surface area contributed by atoms with Crippen LogP contribution in [0.3, 0.4) is 0 Å². The van der Waals surface area contributed by atoms with Crippen LogP contribution in [-0.2, 0) is 0 Å². The molecule has 5 nitrogen and oxygen atoms in total. The molecule has 1 aliphatic rings. The third kappa shape index (κ3) is 2.17. The number of ether oxygens (including phenoxy) is 3. The summed E-state index contributed by atoms with van der Waals surface area (Å²) in [6.07, 6.45) is 0. The smallest absolute Gasteiger partial charge is 0.231 e. The summed E-state index contributed by atoms with van der Waals surface area (Å²) in [7, 11) is 1.57. The molecule has 0 N–H and O–H groups in total. The van der Waals surface area contributed by atoms with Gasteiger partial charge in [0.15, 0.2) is 17.3 Å². The number of benzene rings is 1. The summed E-state index contributed by atoms with van der Waals surface area (Å²) in [5.41, 5.74) is 1.57. The Kier molecular flexibility index (Phi) is 2.91. The molecule has 0 radical (unpaired) electrons. The fraction of sp³-hybridized carbons (Fsp3) is 0.231. The van der Waals surface area contributed by atoms with Crippen molar-refractivity contribution in [1.82, 2.24) is 9.97 Å². The maximum absolute atomic E-state index is 5.95. The van der Waals surface area contributed by atoms with E-state index in [-0.39, 0.29) is 6.79 Å². The molecule has 1 aromatic heterocycles. The summed E-state index contributed by atoms with van der Waals surface area (Å²) in [5.74, 6) is 2.34. The molecular formula is C13H11ClN2O3. The van der Waals surface area contributed by atoms with Gasteiger partial charge in [-0.05, 0) is 25.1 Å². The molecule has 0 saturated carbocycles. The molecule has 0 aliphatic carbocycles. The second-order valence-corrected chi connectivity index (χ2v) is 4.46. The van der Waals surface area contributed by atoms with Crippen LogP contribution in [0.2, 0.25) is 5.15 Å². The first-order valence-corrected chi connectivity index (χ1v) is 6.04. The fourth-order valence-corrected chi connectivity index (χ4v) is 2.16. The maximum Gasteiger partial charge on any atom is 0.231 e. The first-order valence-electron chi connectivity index (χ1n) is 5.66. The van der Waals surface area contributed by atoms with Crippen LogP contribution in [0, 0.1) is 6.92 Å². The summed E-state index contributed by atoms with van der Waals surface area (Å²) in [4.78, 5) is 8.57. The van der Waals surface area contributed by atoms with Gasteiger partial charge < -0.3 is 14.2 Å². The number of nitrogens with zero attached hydrogens (tertiary/aromatic N) is 2. The minimum Gasteiger partial charge on any atom is -0.493 e. The monoisotopic (exact) mass is 278 g/mol. The van der Waals surface area contributed by atoms with Gasteiger partial charge in [-0.15, -0.1) is 0 Å². The molecule has 1 aromatic carbocycles. The fourth-order valence-electron chi connectivity index (χ4n) is 1.92. The van der Waals surface area contributed by atoms with Crippen molar-refractivity contribution < 1.29 is 14.2 Å². The summed E-state index contributed by atoms with van der Waals surface area (Å²) < 4.78 is 16.0. The lowest BCUT2D eigenvalue weighted by molar-refractivity contribution is 0.171. The third-order valence-corrected chi connectivity index (χ3v) is 2.93. The molecule has 2 aromatic rings. The highest BCUT2D eigenvalue weighted by Crippen LogP contribution is 2.43. The lowest BCUT2D eigenvalue weighted by Gasteiger charge is -2.08. The van der Waals surface area contributed by atoms with Crippen molar-refractivity contribution >= 4 is 11.6 Å². The molecule has 1 aliphatic heterocycles.